The summed E-state index contributed by atoms with van der Waals surface area (Å²) < 4.78 is 2.01. The second-order valence-electron chi connectivity index (χ2n) is 5.12. The summed E-state index contributed by atoms with van der Waals surface area (Å²) in [6.45, 7) is 0.616. The summed E-state index contributed by atoms with van der Waals surface area (Å²) in [7, 11) is 0. The Kier molecular flexibility index (Phi) is 4.63. The Hall–Kier alpha value is -3.46. The second kappa shape index (κ2) is 7.20. The second-order valence-corrected chi connectivity index (χ2v) is 5.12. The highest BCUT2D eigenvalue weighted by Crippen LogP contribution is 2.20. The predicted octanol–water partition coefficient (Wildman–Crippen LogP) is 2.71. The maximum Gasteiger partial charge on any atom is 0.289 e. The van der Waals surface area contributed by atoms with Crippen LogP contribution in [0.2, 0.25) is 0 Å². The van der Waals surface area contributed by atoms with E-state index in [9.17, 15) is 4.79 Å². The number of aromatic nitrogens is 2. The summed E-state index contributed by atoms with van der Waals surface area (Å²) in [5.74, 6) is -0.361. The summed E-state index contributed by atoms with van der Waals surface area (Å²) in [6, 6.07) is 15.1. The molecule has 2 aromatic heterocycles. The van der Waals surface area contributed by atoms with E-state index in [4.69, 9.17) is 5.26 Å². The maximum atomic E-state index is 11.9. The molecule has 24 heavy (non-hydrogen) atoms. The lowest BCUT2D eigenvalue weighted by atomic mass is 10.2. The van der Waals surface area contributed by atoms with Gasteiger partial charge in [-0.25, -0.2) is 5.43 Å². The molecule has 0 bridgehead atoms. The lowest BCUT2D eigenvalue weighted by Gasteiger charge is -2.00. The topological polar surface area (TPSA) is 83.1 Å². The smallest absolute Gasteiger partial charge is 0.289 e. The first kappa shape index (κ1) is 15.4. The van der Waals surface area contributed by atoms with E-state index in [0.29, 0.717) is 18.7 Å². The number of nitrogens with zero attached hydrogens (tertiary/aromatic N) is 4. The Morgan fingerprint density at radius 3 is 2.92 bits per heavy atom. The first-order valence-electron chi connectivity index (χ1n) is 7.49. The van der Waals surface area contributed by atoms with Crippen LogP contribution in [0.15, 0.2) is 60.0 Å². The van der Waals surface area contributed by atoms with Crippen molar-refractivity contribution in [3.05, 3.63) is 66.1 Å². The van der Waals surface area contributed by atoms with Gasteiger partial charge in [0.2, 0.25) is 0 Å². The minimum atomic E-state index is -0.361. The number of rotatable bonds is 5. The quantitative estimate of drug-likeness (QED) is 0.580. The molecule has 6 nitrogen and oxygen atoms in total. The van der Waals surface area contributed by atoms with E-state index in [1.807, 2.05) is 35.0 Å². The monoisotopic (exact) mass is 317 g/mol. The number of amides is 1. The minimum absolute atomic E-state index is 0.311. The number of pyridine rings is 1. The van der Waals surface area contributed by atoms with Crippen molar-refractivity contribution in [2.75, 3.05) is 0 Å². The number of para-hydroxylation sites is 1. The standard InChI is InChI=1S/C18H15N5O/c19-9-5-11-23-13-14(15-6-1-2-8-17(15)23)12-21-22-18(24)16-7-3-4-10-20-16/h1-4,6-8,10,12-13H,5,11H2,(H,22,24)/b21-12-. The molecular formula is C18H15N5O. The number of nitrogens with one attached hydrogen (secondary N) is 1. The van der Waals surface area contributed by atoms with Crippen LogP contribution in [0.4, 0.5) is 0 Å². The summed E-state index contributed by atoms with van der Waals surface area (Å²) in [6.07, 6.45) is 5.53. The van der Waals surface area contributed by atoms with Crippen LogP contribution in [0.25, 0.3) is 10.9 Å². The van der Waals surface area contributed by atoms with Gasteiger partial charge in [-0.3, -0.25) is 9.78 Å². The molecule has 0 aliphatic carbocycles. The zero-order valence-electron chi connectivity index (χ0n) is 12.9. The number of aryl methyl sites for hydroxylation is 1. The Morgan fingerprint density at radius 2 is 2.12 bits per heavy atom. The highest BCUT2D eigenvalue weighted by atomic mass is 16.2. The molecule has 0 aliphatic rings. The Bertz CT molecular complexity index is 921. The van der Waals surface area contributed by atoms with Gasteiger partial charge in [-0.15, -0.1) is 0 Å². The van der Waals surface area contributed by atoms with Gasteiger partial charge in [-0.2, -0.15) is 10.4 Å². The third-order valence-electron chi connectivity index (χ3n) is 3.55. The van der Waals surface area contributed by atoms with Gasteiger partial charge in [0.05, 0.1) is 18.7 Å². The first-order chi connectivity index (χ1) is 11.8. The van der Waals surface area contributed by atoms with Crippen LogP contribution in [-0.2, 0) is 6.54 Å². The van der Waals surface area contributed by atoms with Gasteiger partial charge in [0.1, 0.15) is 5.69 Å². The van der Waals surface area contributed by atoms with Crippen LogP contribution >= 0.6 is 0 Å². The van der Waals surface area contributed by atoms with Gasteiger partial charge in [0, 0.05) is 35.4 Å². The number of carbonyl (C=O) groups is 1. The Balaban J connectivity index is 1.80. The van der Waals surface area contributed by atoms with Crippen LogP contribution < -0.4 is 5.43 Å². The molecule has 0 atom stereocenters. The zero-order chi connectivity index (χ0) is 16.8. The van der Waals surface area contributed by atoms with E-state index in [-0.39, 0.29) is 5.91 Å². The number of carbonyl (C=O) groups excluding carboxylic acids is 1. The van der Waals surface area contributed by atoms with Crippen molar-refractivity contribution in [1.29, 1.82) is 5.26 Å². The number of hydrogen-bond donors (Lipinski definition) is 1. The number of hydrazone groups is 1. The van der Waals surface area contributed by atoms with Crippen molar-refractivity contribution >= 4 is 23.0 Å². The van der Waals surface area contributed by atoms with Crippen molar-refractivity contribution < 1.29 is 4.79 Å². The maximum absolute atomic E-state index is 11.9. The highest BCUT2D eigenvalue weighted by Gasteiger charge is 2.07. The third kappa shape index (κ3) is 3.31. The lowest BCUT2D eigenvalue weighted by Crippen LogP contribution is -2.18. The summed E-state index contributed by atoms with van der Waals surface area (Å²) in [4.78, 5) is 15.9. The summed E-state index contributed by atoms with van der Waals surface area (Å²) >= 11 is 0. The fourth-order valence-corrected chi connectivity index (χ4v) is 2.45. The number of hydrogen-bond acceptors (Lipinski definition) is 4. The van der Waals surface area contributed by atoms with E-state index in [1.54, 1.807) is 30.6 Å². The molecule has 118 valence electrons. The molecule has 0 radical (unpaired) electrons. The highest BCUT2D eigenvalue weighted by molar-refractivity contribution is 6.00. The first-order valence-corrected chi connectivity index (χ1v) is 7.49. The average molecular weight is 317 g/mol. The van der Waals surface area contributed by atoms with E-state index in [1.165, 1.54) is 0 Å². The van der Waals surface area contributed by atoms with E-state index in [0.717, 1.165) is 16.5 Å². The van der Waals surface area contributed by atoms with Crippen LogP contribution in [0, 0.1) is 11.3 Å². The molecule has 3 aromatic rings. The predicted molar refractivity (Wildman–Crippen MR) is 91.5 cm³/mol. The number of nitriles is 1. The molecule has 0 saturated heterocycles. The van der Waals surface area contributed by atoms with E-state index >= 15 is 0 Å². The Labute approximate surface area is 139 Å². The van der Waals surface area contributed by atoms with Gasteiger partial charge >= 0.3 is 0 Å². The lowest BCUT2D eigenvalue weighted by molar-refractivity contribution is 0.0950. The molecule has 1 amide bonds. The Morgan fingerprint density at radius 1 is 1.29 bits per heavy atom. The normalized spacial score (nSPS) is 10.8. The van der Waals surface area contributed by atoms with Gasteiger partial charge in [-0.05, 0) is 18.2 Å². The van der Waals surface area contributed by atoms with Crippen LogP contribution in [0.3, 0.4) is 0 Å². The summed E-state index contributed by atoms with van der Waals surface area (Å²) in [5.41, 5.74) is 4.69. The van der Waals surface area contributed by atoms with Gasteiger partial charge in [0.15, 0.2) is 0 Å². The SMILES string of the molecule is N#CCCn1cc(/C=N\NC(=O)c2ccccn2)c2ccccc21. The zero-order valence-corrected chi connectivity index (χ0v) is 12.9. The molecule has 0 unspecified atom stereocenters. The molecule has 0 saturated carbocycles. The van der Waals surface area contributed by atoms with Gasteiger partial charge in [0.25, 0.3) is 5.91 Å². The van der Waals surface area contributed by atoms with Crippen molar-refractivity contribution in [3.63, 3.8) is 0 Å². The van der Waals surface area contributed by atoms with E-state index < -0.39 is 0 Å². The van der Waals surface area contributed by atoms with E-state index in [2.05, 4.69) is 21.6 Å². The largest absolute Gasteiger partial charge is 0.346 e. The fraction of sp³-hybridized carbons (Fsp3) is 0.111. The molecule has 0 aliphatic heterocycles. The van der Waals surface area contributed by atoms with Crippen molar-refractivity contribution in [3.8, 4) is 6.07 Å². The fourth-order valence-electron chi connectivity index (χ4n) is 2.45. The minimum Gasteiger partial charge on any atom is -0.346 e. The van der Waals surface area contributed by atoms with Gasteiger partial charge < -0.3 is 4.57 Å². The number of benzene rings is 1. The van der Waals surface area contributed by atoms with Crippen molar-refractivity contribution in [2.24, 2.45) is 5.10 Å². The summed E-state index contributed by atoms with van der Waals surface area (Å²) in [5, 5.41) is 13.8. The van der Waals surface area contributed by atoms with Crippen LogP contribution in [0.5, 0.6) is 0 Å². The molecule has 0 spiro atoms. The van der Waals surface area contributed by atoms with Crippen molar-refractivity contribution in [1.82, 2.24) is 15.0 Å². The molecular weight excluding hydrogens is 302 g/mol. The molecule has 1 N–H and O–H groups in total. The number of fused-ring (bicyclic) bond motifs is 1. The molecule has 2 heterocycles. The molecule has 6 heteroatoms. The average Bonchev–Trinajstić information content (AvgIpc) is 2.99. The van der Waals surface area contributed by atoms with Crippen LogP contribution in [-0.4, -0.2) is 21.7 Å². The molecule has 1 aromatic carbocycles. The molecule has 0 fully saturated rings. The van der Waals surface area contributed by atoms with Gasteiger partial charge in [-0.1, -0.05) is 24.3 Å². The van der Waals surface area contributed by atoms with Crippen molar-refractivity contribution in [2.45, 2.75) is 13.0 Å². The third-order valence-corrected chi connectivity index (χ3v) is 3.55. The van der Waals surface area contributed by atoms with Crippen LogP contribution in [0.1, 0.15) is 22.5 Å². The molecule has 3 rings (SSSR count).